The second-order valence-electron chi connectivity index (χ2n) is 5.01. The lowest BCUT2D eigenvalue weighted by Crippen LogP contribution is -2.51. The fraction of sp³-hybridized carbons (Fsp3) is 0.833. The summed E-state index contributed by atoms with van der Waals surface area (Å²) in [6, 6.07) is -0.473. The summed E-state index contributed by atoms with van der Waals surface area (Å²) in [5.74, 6) is -1.27. The highest BCUT2D eigenvalue weighted by atomic mass is 16.5. The Hall–Kier alpha value is -1.30. The van der Waals surface area contributed by atoms with Gasteiger partial charge in [-0.15, -0.1) is 0 Å². The van der Waals surface area contributed by atoms with Crippen LogP contribution in [0.1, 0.15) is 32.1 Å². The molecule has 2 amide bonds. The van der Waals surface area contributed by atoms with Gasteiger partial charge in [0.15, 0.2) is 0 Å². The van der Waals surface area contributed by atoms with Crippen molar-refractivity contribution in [2.45, 2.75) is 44.2 Å². The molecule has 2 aliphatic rings. The Bertz CT molecular complexity index is 315. The van der Waals surface area contributed by atoms with Crippen LogP contribution in [-0.4, -0.2) is 42.4 Å². The molecule has 1 aliphatic carbocycles. The van der Waals surface area contributed by atoms with Crippen LogP contribution in [0.2, 0.25) is 0 Å². The number of carboxylic acid groups (broad SMARTS) is 1. The Morgan fingerprint density at radius 1 is 1.11 bits per heavy atom. The first-order valence-electron chi connectivity index (χ1n) is 6.54. The van der Waals surface area contributed by atoms with E-state index in [1.807, 2.05) is 0 Å². The van der Waals surface area contributed by atoms with Crippen LogP contribution >= 0.6 is 0 Å². The van der Waals surface area contributed by atoms with Crippen molar-refractivity contribution in [1.29, 1.82) is 0 Å². The summed E-state index contributed by atoms with van der Waals surface area (Å²) in [5, 5.41) is 14.7. The minimum absolute atomic E-state index is 0.0527. The molecular formula is C12H20N2O4. The van der Waals surface area contributed by atoms with Crippen LogP contribution in [-0.2, 0) is 9.53 Å². The molecule has 0 aromatic heterocycles. The minimum atomic E-state index is -0.816. The number of amides is 2. The molecule has 1 saturated carbocycles. The van der Waals surface area contributed by atoms with Gasteiger partial charge in [0, 0.05) is 12.6 Å². The molecule has 0 aromatic rings. The number of carboxylic acids is 1. The topological polar surface area (TPSA) is 87.7 Å². The van der Waals surface area contributed by atoms with Crippen molar-refractivity contribution in [2.24, 2.45) is 5.92 Å². The van der Waals surface area contributed by atoms with Crippen LogP contribution in [0.4, 0.5) is 4.79 Å². The number of carbonyl (C=O) groups is 2. The smallest absolute Gasteiger partial charge is 0.315 e. The Labute approximate surface area is 106 Å². The molecule has 2 fully saturated rings. The number of nitrogens with one attached hydrogen (secondary N) is 2. The largest absolute Gasteiger partial charge is 0.481 e. The van der Waals surface area contributed by atoms with E-state index in [4.69, 9.17) is 9.84 Å². The lowest BCUT2D eigenvalue weighted by molar-refractivity contribution is -0.143. The van der Waals surface area contributed by atoms with Crippen molar-refractivity contribution in [3.8, 4) is 0 Å². The van der Waals surface area contributed by atoms with E-state index in [2.05, 4.69) is 10.6 Å². The maximum atomic E-state index is 11.8. The maximum absolute atomic E-state index is 11.8. The van der Waals surface area contributed by atoms with Gasteiger partial charge in [-0.1, -0.05) is 12.8 Å². The van der Waals surface area contributed by atoms with Gasteiger partial charge in [-0.2, -0.15) is 0 Å². The van der Waals surface area contributed by atoms with Gasteiger partial charge in [0.1, 0.15) is 0 Å². The monoisotopic (exact) mass is 256 g/mol. The third-order valence-electron chi connectivity index (χ3n) is 3.66. The molecule has 0 bridgehead atoms. The molecule has 0 radical (unpaired) electrons. The standard InChI is InChI=1S/C12H20N2O4/c15-11(16)9-3-1-2-4-10(9)14-12(17)13-8-5-6-18-7-8/h8-10H,1-7H2,(H,15,16)(H2,13,14,17). The zero-order chi connectivity index (χ0) is 13.0. The SMILES string of the molecule is O=C(NC1CCOC1)NC1CCCCC1C(=O)O. The molecular weight excluding hydrogens is 236 g/mol. The molecule has 1 saturated heterocycles. The number of carbonyl (C=O) groups excluding carboxylic acids is 1. The maximum Gasteiger partial charge on any atom is 0.315 e. The van der Waals surface area contributed by atoms with Crippen molar-refractivity contribution in [3.63, 3.8) is 0 Å². The van der Waals surface area contributed by atoms with Crippen molar-refractivity contribution in [3.05, 3.63) is 0 Å². The van der Waals surface area contributed by atoms with Gasteiger partial charge in [0.25, 0.3) is 0 Å². The number of urea groups is 1. The Balaban J connectivity index is 1.82. The van der Waals surface area contributed by atoms with Crippen LogP contribution in [0.3, 0.4) is 0 Å². The molecule has 1 aliphatic heterocycles. The van der Waals surface area contributed by atoms with Gasteiger partial charge < -0.3 is 20.5 Å². The lowest BCUT2D eigenvalue weighted by atomic mass is 9.84. The van der Waals surface area contributed by atoms with Crippen LogP contribution in [0.5, 0.6) is 0 Å². The Kier molecular flexibility index (Phi) is 4.41. The van der Waals surface area contributed by atoms with Gasteiger partial charge in [-0.25, -0.2) is 4.79 Å². The van der Waals surface area contributed by atoms with Gasteiger partial charge >= 0.3 is 12.0 Å². The second kappa shape index (κ2) is 6.04. The fourth-order valence-corrected chi connectivity index (χ4v) is 2.64. The van der Waals surface area contributed by atoms with E-state index in [9.17, 15) is 9.59 Å². The summed E-state index contributed by atoms with van der Waals surface area (Å²) >= 11 is 0. The average molecular weight is 256 g/mol. The second-order valence-corrected chi connectivity index (χ2v) is 5.01. The highest BCUT2D eigenvalue weighted by Crippen LogP contribution is 2.24. The van der Waals surface area contributed by atoms with Crippen LogP contribution in [0, 0.1) is 5.92 Å². The molecule has 6 heteroatoms. The molecule has 102 valence electrons. The molecule has 6 nitrogen and oxygen atoms in total. The highest BCUT2D eigenvalue weighted by molar-refractivity contribution is 5.77. The lowest BCUT2D eigenvalue weighted by Gasteiger charge is -2.29. The third-order valence-corrected chi connectivity index (χ3v) is 3.66. The van der Waals surface area contributed by atoms with E-state index in [-0.39, 0.29) is 18.1 Å². The summed E-state index contributed by atoms with van der Waals surface area (Å²) in [6.45, 7) is 1.21. The van der Waals surface area contributed by atoms with E-state index in [0.717, 1.165) is 25.7 Å². The van der Waals surface area contributed by atoms with Crippen molar-refractivity contribution < 1.29 is 19.4 Å². The van der Waals surface area contributed by atoms with Gasteiger partial charge in [0.2, 0.25) is 0 Å². The summed E-state index contributed by atoms with van der Waals surface area (Å²) in [4.78, 5) is 22.9. The zero-order valence-electron chi connectivity index (χ0n) is 10.4. The third kappa shape index (κ3) is 3.35. The highest BCUT2D eigenvalue weighted by Gasteiger charge is 2.32. The first kappa shape index (κ1) is 13.1. The van der Waals surface area contributed by atoms with Gasteiger partial charge in [0.05, 0.1) is 18.6 Å². The van der Waals surface area contributed by atoms with Gasteiger partial charge in [-0.05, 0) is 19.3 Å². The van der Waals surface area contributed by atoms with E-state index in [0.29, 0.717) is 19.6 Å². The van der Waals surface area contributed by atoms with Crippen LogP contribution < -0.4 is 10.6 Å². The number of hydrogen-bond donors (Lipinski definition) is 3. The Morgan fingerprint density at radius 2 is 1.89 bits per heavy atom. The van der Waals surface area contributed by atoms with Crippen molar-refractivity contribution in [2.75, 3.05) is 13.2 Å². The minimum Gasteiger partial charge on any atom is -0.481 e. The number of rotatable bonds is 3. The zero-order valence-corrected chi connectivity index (χ0v) is 10.4. The number of ether oxygens (including phenoxy) is 1. The average Bonchev–Trinajstić information content (AvgIpc) is 2.82. The van der Waals surface area contributed by atoms with Crippen molar-refractivity contribution >= 4 is 12.0 Å². The Morgan fingerprint density at radius 3 is 2.56 bits per heavy atom. The molecule has 18 heavy (non-hydrogen) atoms. The first-order chi connectivity index (χ1) is 8.66. The number of aliphatic carboxylic acids is 1. The predicted octanol–water partition coefficient (Wildman–Crippen LogP) is 0.718. The van der Waals surface area contributed by atoms with E-state index in [1.165, 1.54) is 0 Å². The molecule has 2 rings (SSSR count). The normalized spacial score (nSPS) is 31.9. The summed E-state index contributed by atoms with van der Waals surface area (Å²) in [7, 11) is 0. The van der Waals surface area contributed by atoms with E-state index < -0.39 is 11.9 Å². The molecule has 1 heterocycles. The predicted molar refractivity (Wildman–Crippen MR) is 64.3 cm³/mol. The summed E-state index contributed by atoms with van der Waals surface area (Å²) in [6.07, 6.45) is 4.10. The van der Waals surface area contributed by atoms with E-state index in [1.54, 1.807) is 0 Å². The van der Waals surface area contributed by atoms with Crippen LogP contribution in [0.15, 0.2) is 0 Å². The fourth-order valence-electron chi connectivity index (χ4n) is 2.64. The quantitative estimate of drug-likeness (QED) is 0.694. The van der Waals surface area contributed by atoms with Crippen LogP contribution in [0.25, 0.3) is 0 Å². The number of hydrogen-bond acceptors (Lipinski definition) is 3. The van der Waals surface area contributed by atoms with Crippen molar-refractivity contribution in [1.82, 2.24) is 10.6 Å². The summed E-state index contributed by atoms with van der Waals surface area (Å²) < 4.78 is 5.17. The molecule has 3 atom stereocenters. The van der Waals surface area contributed by atoms with E-state index >= 15 is 0 Å². The molecule has 3 N–H and O–H groups in total. The molecule has 3 unspecified atom stereocenters. The molecule has 0 spiro atoms. The first-order valence-corrected chi connectivity index (χ1v) is 6.54. The van der Waals surface area contributed by atoms with Gasteiger partial charge in [-0.3, -0.25) is 4.79 Å². The molecule has 0 aromatic carbocycles. The summed E-state index contributed by atoms with van der Waals surface area (Å²) in [5.41, 5.74) is 0.